The van der Waals surface area contributed by atoms with Gasteiger partial charge in [0.05, 0.1) is 6.20 Å². The zero-order valence-electron chi connectivity index (χ0n) is 11.5. The number of thioether (sulfide) groups is 1. The second kappa shape index (κ2) is 5.77. The largest absolute Gasteiger partial charge is 0.476 e. The zero-order valence-corrected chi connectivity index (χ0v) is 12.3. The van der Waals surface area contributed by atoms with Crippen molar-refractivity contribution in [2.75, 3.05) is 5.75 Å². The lowest BCUT2D eigenvalue weighted by atomic mass is 10.2. The Morgan fingerprint density at radius 1 is 1.33 bits per heavy atom. The molecule has 2 heterocycles. The first-order valence-corrected chi connectivity index (χ1v) is 7.73. The molecule has 0 atom stereocenters. The van der Waals surface area contributed by atoms with Crippen LogP contribution in [0.3, 0.4) is 0 Å². The minimum absolute atomic E-state index is 0.0705. The number of carbonyl (C=O) groups is 1. The van der Waals surface area contributed by atoms with Gasteiger partial charge in [-0.25, -0.2) is 14.8 Å². The third-order valence-electron chi connectivity index (χ3n) is 3.17. The van der Waals surface area contributed by atoms with Crippen LogP contribution in [0.15, 0.2) is 23.4 Å². The van der Waals surface area contributed by atoms with E-state index < -0.39 is 5.97 Å². The number of pyridine rings is 1. The average molecular weight is 302 g/mol. The van der Waals surface area contributed by atoms with Crippen molar-refractivity contribution >= 4 is 17.7 Å². The number of hydrogen-bond acceptors (Lipinski definition) is 6. The van der Waals surface area contributed by atoms with E-state index in [1.54, 1.807) is 12.3 Å². The molecule has 0 radical (unpaired) electrons. The van der Waals surface area contributed by atoms with Crippen LogP contribution in [-0.2, 0) is 0 Å². The Morgan fingerprint density at radius 2 is 2.14 bits per heavy atom. The molecule has 0 aromatic carbocycles. The smallest absolute Gasteiger partial charge is 0.355 e. The average Bonchev–Trinajstić information content (AvgIpc) is 3.32. The van der Waals surface area contributed by atoms with E-state index in [-0.39, 0.29) is 5.69 Å². The molecule has 0 spiro atoms. The van der Waals surface area contributed by atoms with Crippen LogP contribution in [0.1, 0.15) is 42.0 Å². The van der Waals surface area contributed by atoms with Crippen LogP contribution in [0.5, 0.6) is 0 Å². The van der Waals surface area contributed by atoms with Gasteiger partial charge in [0.25, 0.3) is 0 Å². The molecule has 2 aromatic heterocycles. The monoisotopic (exact) mass is 302 g/mol. The van der Waals surface area contributed by atoms with Crippen molar-refractivity contribution in [1.29, 1.82) is 0 Å². The van der Waals surface area contributed by atoms with Gasteiger partial charge in [0, 0.05) is 22.6 Å². The number of aromatic carboxylic acids is 1. The molecule has 0 saturated heterocycles. The van der Waals surface area contributed by atoms with Gasteiger partial charge in [-0.1, -0.05) is 6.92 Å². The number of carboxylic acid groups (broad SMARTS) is 1. The van der Waals surface area contributed by atoms with E-state index in [0.29, 0.717) is 16.5 Å². The number of nitrogens with zero attached hydrogens (tertiary/aromatic N) is 4. The summed E-state index contributed by atoms with van der Waals surface area (Å²) in [6, 6.07) is 1.78. The van der Waals surface area contributed by atoms with Crippen LogP contribution in [0.2, 0.25) is 0 Å². The molecule has 6 nitrogen and oxygen atoms in total. The third-order valence-corrected chi connectivity index (χ3v) is 4.08. The maximum atomic E-state index is 11.2. The Bertz CT molecular complexity index is 671. The number of aromatic nitrogens is 4. The Hall–Kier alpha value is -2.02. The molecule has 0 unspecified atom stereocenters. The SMILES string of the molecule is CCSc1cc(-c2cnc(C3CC3)nn2)cnc1C(=O)O. The van der Waals surface area contributed by atoms with Gasteiger partial charge in [0.15, 0.2) is 11.5 Å². The molecule has 3 rings (SSSR count). The van der Waals surface area contributed by atoms with Crippen molar-refractivity contribution in [3.05, 3.63) is 30.0 Å². The van der Waals surface area contributed by atoms with Crippen molar-refractivity contribution < 1.29 is 9.90 Å². The van der Waals surface area contributed by atoms with Crippen molar-refractivity contribution in [3.63, 3.8) is 0 Å². The van der Waals surface area contributed by atoms with Crippen LogP contribution in [-0.4, -0.2) is 37.0 Å². The van der Waals surface area contributed by atoms with E-state index in [1.165, 1.54) is 18.0 Å². The van der Waals surface area contributed by atoms with Crippen molar-refractivity contribution in [3.8, 4) is 11.3 Å². The van der Waals surface area contributed by atoms with E-state index >= 15 is 0 Å². The highest BCUT2D eigenvalue weighted by Gasteiger charge is 2.26. The highest BCUT2D eigenvalue weighted by atomic mass is 32.2. The molecule has 1 aliphatic rings. The first kappa shape index (κ1) is 13.9. The summed E-state index contributed by atoms with van der Waals surface area (Å²) < 4.78 is 0. The normalized spacial score (nSPS) is 14.1. The molecular weight excluding hydrogens is 288 g/mol. The molecule has 1 fully saturated rings. The minimum atomic E-state index is -1.02. The van der Waals surface area contributed by atoms with Gasteiger partial charge in [-0.15, -0.1) is 22.0 Å². The topological polar surface area (TPSA) is 88.9 Å². The third kappa shape index (κ3) is 3.02. The quantitative estimate of drug-likeness (QED) is 0.849. The highest BCUT2D eigenvalue weighted by Crippen LogP contribution is 2.37. The predicted molar refractivity (Wildman–Crippen MR) is 78.4 cm³/mol. The Labute approximate surface area is 126 Å². The summed E-state index contributed by atoms with van der Waals surface area (Å²) in [5, 5.41) is 17.5. The molecule has 0 amide bonds. The molecule has 21 heavy (non-hydrogen) atoms. The van der Waals surface area contributed by atoms with E-state index in [2.05, 4.69) is 20.2 Å². The molecule has 0 aliphatic heterocycles. The fourth-order valence-electron chi connectivity index (χ4n) is 1.96. The maximum absolute atomic E-state index is 11.2. The number of rotatable bonds is 5. The van der Waals surface area contributed by atoms with E-state index in [1.807, 2.05) is 6.92 Å². The first-order valence-electron chi connectivity index (χ1n) is 6.75. The van der Waals surface area contributed by atoms with Crippen molar-refractivity contribution in [2.24, 2.45) is 0 Å². The summed E-state index contributed by atoms with van der Waals surface area (Å²) in [5.41, 5.74) is 1.42. The Kier molecular flexibility index (Phi) is 3.83. The molecule has 1 saturated carbocycles. The van der Waals surface area contributed by atoms with Crippen LogP contribution in [0.25, 0.3) is 11.3 Å². The second-order valence-corrected chi connectivity index (χ2v) is 6.09. The summed E-state index contributed by atoms with van der Waals surface area (Å²) in [7, 11) is 0. The predicted octanol–water partition coefficient (Wildman–Crippen LogP) is 2.62. The Morgan fingerprint density at radius 3 is 2.71 bits per heavy atom. The number of hydrogen-bond donors (Lipinski definition) is 1. The van der Waals surface area contributed by atoms with Gasteiger partial charge in [0.2, 0.25) is 0 Å². The molecule has 2 aromatic rings. The summed E-state index contributed by atoms with van der Waals surface area (Å²) >= 11 is 1.45. The van der Waals surface area contributed by atoms with E-state index in [9.17, 15) is 4.79 Å². The second-order valence-electron chi connectivity index (χ2n) is 4.78. The van der Waals surface area contributed by atoms with E-state index in [4.69, 9.17) is 5.11 Å². The Balaban J connectivity index is 1.93. The highest BCUT2D eigenvalue weighted by molar-refractivity contribution is 7.99. The summed E-state index contributed by atoms with van der Waals surface area (Å²) in [4.78, 5) is 20.1. The van der Waals surface area contributed by atoms with Crippen LogP contribution < -0.4 is 0 Å². The van der Waals surface area contributed by atoms with Gasteiger partial charge < -0.3 is 5.11 Å². The molecule has 1 N–H and O–H groups in total. The van der Waals surface area contributed by atoms with Gasteiger partial charge in [0.1, 0.15) is 5.69 Å². The lowest BCUT2D eigenvalue weighted by Crippen LogP contribution is -2.04. The van der Waals surface area contributed by atoms with Crippen LogP contribution >= 0.6 is 11.8 Å². The summed E-state index contributed by atoms with van der Waals surface area (Å²) in [6.07, 6.45) is 5.45. The minimum Gasteiger partial charge on any atom is -0.476 e. The zero-order chi connectivity index (χ0) is 14.8. The maximum Gasteiger partial charge on any atom is 0.355 e. The van der Waals surface area contributed by atoms with Crippen molar-refractivity contribution in [2.45, 2.75) is 30.6 Å². The molecule has 108 valence electrons. The van der Waals surface area contributed by atoms with Crippen molar-refractivity contribution in [1.82, 2.24) is 20.2 Å². The molecular formula is C14H14N4O2S. The first-order chi connectivity index (χ1) is 10.2. The number of carboxylic acids is 1. The summed E-state index contributed by atoms with van der Waals surface area (Å²) in [5.74, 6) is 1.00. The fourth-order valence-corrected chi connectivity index (χ4v) is 2.75. The van der Waals surface area contributed by atoms with Crippen LogP contribution in [0.4, 0.5) is 0 Å². The summed E-state index contributed by atoms with van der Waals surface area (Å²) in [6.45, 7) is 1.97. The van der Waals surface area contributed by atoms with E-state index in [0.717, 1.165) is 30.0 Å². The standard InChI is InChI=1S/C14H14N4O2S/c1-2-21-11-5-9(6-15-12(11)14(19)20)10-7-16-13(18-17-10)8-3-4-8/h5-8H,2-4H2,1H3,(H,19,20). The van der Waals surface area contributed by atoms with Gasteiger partial charge >= 0.3 is 5.97 Å². The fraction of sp³-hybridized carbons (Fsp3) is 0.357. The van der Waals surface area contributed by atoms with Gasteiger partial charge in [-0.05, 0) is 24.7 Å². The van der Waals surface area contributed by atoms with Gasteiger partial charge in [-0.2, -0.15) is 0 Å². The molecule has 7 heteroatoms. The molecule has 0 bridgehead atoms. The lowest BCUT2D eigenvalue weighted by molar-refractivity contribution is 0.0686. The lowest BCUT2D eigenvalue weighted by Gasteiger charge is -2.06. The van der Waals surface area contributed by atoms with Crippen LogP contribution in [0, 0.1) is 0 Å². The van der Waals surface area contributed by atoms with Gasteiger partial charge in [-0.3, -0.25) is 0 Å². The molecule has 1 aliphatic carbocycles.